The number of nitrogens with one attached hydrogen (secondary N) is 2. The summed E-state index contributed by atoms with van der Waals surface area (Å²) < 4.78 is 26.4. The third-order valence-electron chi connectivity index (χ3n) is 2.12. The summed E-state index contributed by atoms with van der Waals surface area (Å²) >= 11 is 0. The number of hydrogen-bond acceptors (Lipinski definition) is 2. The van der Waals surface area contributed by atoms with Crippen molar-refractivity contribution in [2.75, 3.05) is 18.4 Å². The fourth-order valence-corrected chi connectivity index (χ4v) is 1.28. The van der Waals surface area contributed by atoms with E-state index in [1.165, 1.54) is 6.07 Å². The van der Waals surface area contributed by atoms with E-state index in [-0.39, 0.29) is 6.54 Å². The fourth-order valence-electron chi connectivity index (χ4n) is 1.28. The Hall–Kier alpha value is -1.93. The maximum Gasteiger partial charge on any atom is 0.238 e. The van der Waals surface area contributed by atoms with Gasteiger partial charge in [-0.15, -0.1) is 11.8 Å². The van der Waals surface area contributed by atoms with Crippen molar-refractivity contribution in [1.29, 1.82) is 0 Å². The fraction of sp³-hybridized carbons (Fsp3) is 0.308. The molecule has 3 nitrogen and oxygen atoms in total. The maximum atomic E-state index is 13.2. The summed E-state index contributed by atoms with van der Waals surface area (Å²) in [6, 6.07) is 3.41. The molecular formula is C13H14F2N2O. The standard InChI is InChI=1S/C13H14F2N2O/c1-2-3-4-8-16-9-12(18)17-13-10(14)6-5-7-11(13)15/h5-7,16H,4,8-9H2,1H3,(H,17,18). The summed E-state index contributed by atoms with van der Waals surface area (Å²) in [6.45, 7) is 2.26. The molecule has 0 unspecified atom stereocenters. The summed E-state index contributed by atoms with van der Waals surface area (Å²) in [7, 11) is 0. The minimum Gasteiger partial charge on any atom is -0.320 e. The SMILES string of the molecule is CC#CCCNCC(=O)Nc1c(F)cccc1F. The first-order valence-electron chi connectivity index (χ1n) is 5.49. The van der Waals surface area contributed by atoms with Crippen molar-refractivity contribution in [3.8, 4) is 11.8 Å². The van der Waals surface area contributed by atoms with Gasteiger partial charge in [0.15, 0.2) is 0 Å². The number of amides is 1. The highest BCUT2D eigenvalue weighted by atomic mass is 19.1. The van der Waals surface area contributed by atoms with Crippen LogP contribution in [0, 0.1) is 23.5 Å². The van der Waals surface area contributed by atoms with Crippen molar-refractivity contribution in [2.45, 2.75) is 13.3 Å². The lowest BCUT2D eigenvalue weighted by Crippen LogP contribution is -2.29. The molecule has 0 aliphatic carbocycles. The first kappa shape index (κ1) is 14.1. The molecule has 0 aromatic heterocycles. The van der Waals surface area contributed by atoms with E-state index in [2.05, 4.69) is 22.5 Å². The van der Waals surface area contributed by atoms with Crippen molar-refractivity contribution >= 4 is 11.6 Å². The molecule has 1 aromatic carbocycles. The Bertz CT molecular complexity index is 457. The number of anilines is 1. The second-order valence-electron chi connectivity index (χ2n) is 3.50. The molecule has 96 valence electrons. The monoisotopic (exact) mass is 252 g/mol. The van der Waals surface area contributed by atoms with Crippen molar-refractivity contribution in [1.82, 2.24) is 5.32 Å². The van der Waals surface area contributed by atoms with Gasteiger partial charge in [-0.2, -0.15) is 0 Å². The highest BCUT2D eigenvalue weighted by Crippen LogP contribution is 2.17. The van der Waals surface area contributed by atoms with Gasteiger partial charge in [-0.1, -0.05) is 6.07 Å². The minimum atomic E-state index is -0.791. The Morgan fingerprint density at radius 2 is 2.00 bits per heavy atom. The van der Waals surface area contributed by atoms with Gasteiger partial charge in [0, 0.05) is 13.0 Å². The van der Waals surface area contributed by atoms with E-state index < -0.39 is 23.2 Å². The summed E-state index contributed by atoms with van der Waals surface area (Å²) in [5.74, 6) is 3.47. The lowest BCUT2D eigenvalue weighted by molar-refractivity contribution is -0.115. The van der Waals surface area contributed by atoms with E-state index in [1.54, 1.807) is 6.92 Å². The third-order valence-corrected chi connectivity index (χ3v) is 2.12. The topological polar surface area (TPSA) is 41.1 Å². The van der Waals surface area contributed by atoms with Crippen LogP contribution in [0.5, 0.6) is 0 Å². The number of carbonyl (C=O) groups excluding carboxylic acids is 1. The molecular weight excluding hydrogens is 238 g/mol. The van der Waals surface area contributed by atoms with E-state index >= 15 is 0 Å². The number of hydrogen-bond donors (Lipinski definition) is 2. The van der Waals surface area contributed by atoms with Crippen LogP contribution in [0.15, 0.2) is 18.2 Å². The molecule has 2 N–H and O–H groups in total. The molecule has 0 bridgehead atoms. The van der Waals surface area contributed by atoms with Gasteiger partial charge >= 0.3 is 0 Å². The molecule has 1 rings (SSSR count). The maximum absolute atomic E-state index is 13.2. The largest absolute Gasteiger partial charge is 0.320 e. The van der Waals surface area contributed by atoms with Crippen LogP contribution in [0.3, 0.4) is 0 Å². The highest BCUT2D eigenvalue weighted by molar-refractivity contribution is 5.92. The van der Waals surface area contributed by atoms with E-state index in [0.29, 0.717) is 13.0 Å². The average Bonchev–Trinajstić information content (AvgIpc) is 2.34. The van der Waals surface area contributed by atoms with Crippen LogP contribution in [-0.4, -0.2) is 19.0 Å². The second kappa shape index (κ2) is 7.41. The molecule has 1 amide bonds. The van der Waals surface area contributed by atoms with Gasteiger partial charge in [0.25, 0.3) is 0 Å². The summed E-state index contributed by atoms with van der Waals surface area (Å²) in [6.07, 6.45) is 0.623. The number of halogens is 2. The number of benzene rings is 1. The van der Waals surface area contributed by atoms with Crippen LogP contribution < -0.4 is 10.6 Å². The first-order chi connectivity index (χ1) is 8.65. The van der Waals surface area contributed by atoms with Crippen LogP contribution in [0.2, 0.25) is 0 Å². The summed E-state index contributed by atoms with van der Waals surface area (Å²) in [4.78, 5) is 11.4. The van der Waals surface area contributed by atoms with Gasteiger partial charge in [0.05, 0.1) is 6.54 Å². The minimum absolute atomic E-state index is 0.0147. The van der Waals surface area contributed by atoms with Crippen molar-refractivity contribution in [3.05, 3.63) is 29.8 Å². The molecule has 0 aliphatic rings. The smallest absolute Gasteiger partial charge is 0.238 e. The van der Waals surface area contributed by atoms with Gasteiger partial charge < -0.3 is 10.6 Å². The zero-order valence-corrected chi connectivity index (χ0v) is 10.0. The predicted molar refractivity (Wildman–Crippen MR) is 65.9 cm³/mol. The quantitative estimate of drug-likeness (QED) is 0.621. The lowest BCUT2D eigenvalue weighted by atomic mass is 10.3. The lowest BCUT2D eigenvalue weighted by Gasteiger charge is -2.07. The molecule has 0 aliphatic heterocycles. The summed E-state index contributed by atoms with van der Waals surface area (Å²) in [5, 5.41) is 5.00. The Morgan fingerprint density at radius 3 is 2.61 bits per heavy atom. The molecule has 0 radical (unpaired) electrons. The van der Waals surface area contributed by atoms with E-state index in [0.717, 1.165) is 12.1 Å². The Labute approximate surface area is 105 Å². The number of para-hydroxylation sites is 1. The zero-order chi connectivity index (χ0) is 13.4. The second-order valence-corrected chi connectivity index (χ2v) is 3.50. The van der Waals surface area contributed by atoms with Crippen LogP contribution in [-0.2, 0) is 4.79 Å². The van der Waals surface area contributed by atoms with Gasteiger partial charge in [0.1, 0.15) is 17.3 Å². The van der Waals surface area contributed by atoms with Crippen molar-refractivity contribution in [3.63, 3.8) is 0 Å². The molecule has 1 aromatic rings. The number of carbonyl (C=O) groups is 1. The highest BCUT2D eigenvalue weighted by Gasteiger charge is 2.10. The Kier molecular flexibility index (Phi) is 5.81. The molecule has 18 heavy (non-hydrogen) atoms. The molecule has 0 saturated carbocycles. The molecule has 0 atom stereocenters. The van der Waals surface area contributed by atoms with E-state index in [9.17, 15) is 13.6 Å². The average molecular weight is 252 g/mol. The molecule has 0 fully saturated rings. The van der Waals surface area contributed by atoms with E-state index in [4.69, 9.17) is 0 Å². The summed E-state index contributed by atoms with van der Waals surface area (Å²) in [5.41, 5.74) is -0.419. The molecule has 0 heterocycles. The zero-order valence-electron chi connectivity index (χ0n) is 10.0. The van der Waals surface area contributed by atoms with Crippen molar-refractivity contribution < 1.29 is 13.6 Å². The Balaban J connectivity index is 2.42. The van der Waals surface area contributed by atoms with Crippen LogP contribution in [0.4, 0.5) is 14.5 Å². The molecule has 0 spiro atoms. The predicted octanol–water partition coefficient (Wildman–Crippen LogP) is 1.91. The molecule has 5 heteroatoms. The third kappa shape index (κ3) is 4.52. The van der Waals surface area contributed by atoms with Crippen LogP contribution in [0.1, 0.15) is 13.3 Å². The van der Waals surface area contributed by atoms with Crippen LogP contribution in [0.25, 0.3) is 0 Å². The van der Waals surface area contributed by atoms with Gasteiger partial charge in [-0.25, -0.2) is 8.78 Å². The molecule has 0 saturated heterocycles. The first-order valence-corrected chi connectivity index (χ1v) is 5.49. The van der Waals surface area contributed by atoms with Gasteiger partial charge in [-0.3, -0.25) is 4.79 Å². The van der Waals surface area contributed by atoms with E-state index in [1.807, 2.05) is 0 Å². The van der Waals surface area contributed by atoms with Gasteiger partial charge in [-0.05, 0) is 19.1 Å². The van der Waals surface area contributed by atoms with Gasteiger partial charge in [0.2, 0.25) is 5.91 Å². The number of rotatable bonds is 5. The van der Waals surface area contributed by atoms with Crippen molar-refractivity contribution in [2.24, 2.45) is 0 Å². The Morgan fingerprint density at radius 1 is 1.33 bits per heavy atom. The van der Waals surface area contributed by atoms with Crippen LogP contribution >= 0.6 is 0 Å². The normalized spacial score (nSPS) is 9.50.